The van der Waals surface area contributed by atoms with Crippen molar-refractivity contribution in [1.29, 1.82) is 0 Å². The molecule has 0 aliphatic rings. The van der Waals surface area contributed by atoms with Gasteiger partial charge in [0.25, 0.3) is 0 Å². The maximum absolute atomic E-state index is 11.0. The van der Waals surface area contributed by atoms with Crippen molar-refractivity contribution < 1.29 is 14.6 Å². The van der Waals surface area contributed by atoms with Gasteiger partial charge >= 0.3 is 5.97 Å². The van der Waals surface area contributed by atoms with Crippen LogP contribution in [-0.2, 0) is 0 Å². The number of hydrogen-bond acceptors (Lipinski definition) is 3. The second-order valence-corrected chi connectivity index (χ2v) is 5.02. The van der Waals surface area contributed by atoms with Crippen molar-refractivity contribution in [2.75, 3.05) is 18.5 Å². The number of nitrogens with one attached hydrogen (secondary N) is 1. The van der Waals surface area contributed by atoms with Crippen LogP contribution in [-0.4, -0.2) is 24.2 Å². The molecule has 0 heterocycles. The molecule has 0 saturated carbocycles. The van der Waals surface area contributed by atoms with Crippen LogP contribution >= 0.6 is 23.2 Å². The first-order valence-corrected chi connectivity index (χ1v) is 6.97. The summed E-state index contributed by atoms with van der Waals surface area (Å²) in [4.78, 5) is 11.0. The SMILES string of the molecule is O=C(O)c1ccccc1OCCNc1ccc(Cl)c(Cl)c1. The number of carbonyl (C=O) groups is 1. The number of hydrogen-bond donors (Lipinski definition) is 2. The highest BCUT2D eigenvalue weighted by atomic mass is 35.5. The highest BCUT2D eigenvalue weighted by molar-refractivity contribution is 6.42. The summed E-state index contributed by atoms with van der Waals surface area (Å²) in [6, 6.07) is 11.7. The van der Waals surface area contributed by atoms with E-state index in [1.807, 2.05) is 0 Å². The molecule has 0 unspecified atom stereocenters. The van der Waals surface area contributed by atoms with E-state index in [0.29, 0.717) is 28.9 Å². The minimum atomic E-state index is -1.01. The molecule has 0 spiro atoms. The number of halogens is 2. The van der Waals surface area contributed by atoms with Crippen LogP contribution in [0.5, 0.6) is 5.75 Å². The van der Waals surface area contributed by atoms with E-state index in [9.17, 15) is 4.79 Å². The quantitative estimate of drug-likeness (QED) is 0.782. The van der Waals surface area contributed by atoms with Crippen LogP contribution in [0, 0.1) is 0 Å². The van der Waals surface area contributed by atoms with Crippen LogP contribution in [0.25, 0.3) is 0 Å². The van der Waals surface area contributed by atoms with Crippen molar-refractivity contribution in [3.8, 4) is 5.75 Å². The summed E-state index contributed by atoms with van der Waals surface area (Å²) in [6.07, 6.45) is 0. The molecule has 2 N–H and O–H groups in total. The van der Waals surface area contributed by atoms with E-state index in [0.717, 1.165) is 5.69 Å². The van der Waals surface area contributed by atoms with Gasteiger partial charge in [0.05, 0.1) is 10.0 Å². The Morgan fingerprint density at radius 1 is 1.14 bits per heavy atom. The molecule has 21 heavy (non-hydrogen) atoms. The monoisotopic (exact) mass is 325 g/mol. The van der Waals surface area contributed by atoms with E-state index in [2.05, 4.69) is 5.32 Å². The zero-order valence-corrected chi connectivity index (χ0v) is 12.5. The average Bonchev–Trinajstić information content (AvgIpc) is 2.47. The van der Waals surface area contributed by atoms with Crippen LogP contribution in [0.3, 0.4) is 0 Å². The molecule has 0 aliphatic carbocycles. The molecule has 0 bridgehead atoms. The van der Waals surface area contributed by atoms with Crippen molar-refractivity contribution in [3.63, 3.8) is 0 Å². The maximum atomic E-state index is 11.0. The summed E-state index contributed by atoms with van der Waals surface area (Å²) in [6.45, 7) is 0.830. The van der Waals surface area contributed by atoms with Crippen LogP contribution < -0.4 is 10.1 Å². The fourth-order valence-electron chi connectivity index (χ4n) is 1.73. The Bertz CT molecular complexity index is 647. The van der Waals surface area contributed by atoms with Crippen LogP contribution in [0.1, 0.15) is 10.4 Å². The fourth-order valence-corrected chi connectivity index (χ4v) is 2.03. The fraction of sp³-hybridized carbons (Fsp3) is 0.133. The van der Waals surface area contributed by atoms with Crippen molar-refractivity contribution in [2.45, 2.75) is 0 Å². The van der Waals surface area contributed by atoms with Crippen LogP contribution in [0.2, 0.25) is 10.0 Å². The van der Waals surface area contributed by atoms with Gasteiger partial charge in [-0.1, -0.05) is 35.3 Å². The molecule has 0 amide bonds. The topological polar surface area (TPSA) is 58.6 Å². The number of carboxylic acids is 1. The molecule has 0 radical (unpaired) electrons. The summed E-state index contributed by atoms with van der Waals surface area (Å²) < 4.78 is 5.47. The van der Waals surface area contributed by atoms with E-state index >= 15 is 0 Å². The molecule has 4 nitrogen and oxygen atoms in total. The molecule has 0 fully saturated rings. The minimum Gasteiger partial charge on any atom is -0.491 e. The van der Waals surface area contributed by atoms with Crippen LogP contribution in [0.4, 0.5) is 5.69 Å². The lowest BCUT2D eigenvalue weighted by molar-refractivity contribution is 0.0692. The second-order valence-electron chi connectivity index (χ2n) is 4.21. The molecule has 2 rings (SSSR count). The maximum Gasteiger partial charge on any atom is 0.339 e. The minimum absolute atomic E-state index is 0.145. The largest absolute Gasteiger partial charge is 0.491 e. The number of aromatic carboxylic acids is 1. The zero-order valence-electron chi connectivity index (χ0n) is 11.0. The number of ether oxygens (including phenoxy) is 1. The lowest BCUT2D eigenvalue weighted by Crippen LogP contribution is -2.13. The van der Waals surface area contributed by atoms with Gasteiger partial charge in [0.2, 0.25) is 0 Å². The standard InChI is InChI=1S/C15H13Cl2NO3/c16-12-6-5-10(9-13(12)17)18-7-8-21-14-4-2-1-3-11(14)15(19)20/h1-6,9,18H,7-8H2,(H,19,20). The predicted octanol–water partition coefficient (Wildman–Crippen LogP) is 4.18. The van der Waals surface area contributed by atoms with E-state index in [4.69, 9.17) is 33.0 Å². The summed E-state index contributed by atoms with van der Waals surface area (Å²) >= 11 is 11.7. The first kappa shape index (κ1) is 15.5. The Morgan fingerprint density at radius 2 is 1.90 bits per heavy atom. The summed E-state index contributed by atoms with van der Waals surface area (Å²) in [5.41, 5.74) is 0.964. The van der Waals surface area contributed by atoms with Gasteiger partial charge in [0, 0.05) is 12.2 Å². The van der Waals surface area contributed by atoms with Crippen molar-refractivity contribution >= 4 is 34.9 Å². The van der Waals surface area contributed by atoms with Crippen LogP contribution in [0.15, 0.2) is 42.5 Å². The normalized spacial score (nSPS) is 10.2. The van der Waals surface area contributed by atoms with Gasteiger partial charge in [0.1, 0.15) is 17.9 Å². The summed E-state index contributed by atoms with van der Waals surface area (Å²) in [7, 11) is 0. The molecule has 2 aromatic rings. The molecule has 2 aromatic carbocycles. The molecular formula is C15H13Cl2NO3. The molecule has 0 aromatic heterocycles. The Labute approximate surface area is 132 Å². The van der Waals surface area contributed by atoms with E-state index < -0.39 is 5.97 Å². The smallest absolute Gasteiger partial charge is 0.339 e. The van der Waals surface area contributed by atoms with Gasteiger partial charge in [0.15, 0.2) is 0 Å². The van der Waals surface area contributed by atoms with Gasteiger partial charge in [-0.3, -0.25) is 0 Å². The van der Waals surface area contributed by atoms with Gasteiger partial charge in [-0.05, 0) is 30.3 Å². The lowest BCUT2D eigenvalue weighted by Gasteiger charge is -2.10. The van der Waals surface area contributed by atoms with Crippen molar-refractivity contribution in [3.05, 3.63) is 58.1 Å². The third-order valence-corrected chi connectivity index (χ3v) is 3.46. The summed E-state index contributed by atoms with van der Waals surface area (Å²) in [5.74, 6) is -0.663. The van der Waals surface area contributed by atoms with Gasteiger partial charge in [-0.25, -0.2) is 4.79 Å². The Hall–Kier alpha value is -1.91. The van der Waals surface area contributed by atoms with Crippen molar-refractivity contribution in [2.24, 2.45) is 0 Å². The van der Waals surface area contributed by atoms with Gasteiger partial charge in [-0.15, -0.1) is 0 Å². The molecule has 0 aliphatic heterocycles. The van der Waals surface area contributed by atoms with Gasteiger partial charge in [-0.2, -0.15) is 0 Å². The highest BCUT2D eigenvalue weighted by Crippen LogP contribution is 2.25. The second kappa shape index (κ2) is 7.20. The predicted molar refractivity (Wildman–Crippen MR) is 83.8 cm³/mol. The first-order chi connectivity index (χ1) is 10.1. The Kier molecular flexibility index (Phi) is 5.31. The van der Waals surface area contributed by atoms with E-state index in [1.165, 1.54) is 6.07 Å². The highest BCUT2D eigenvalue weighted by Gasteiger charge is 2.09. The summed E-state index contributed by atoms with van der Waals surface area (Å²) in [5, 5.41) is 13.1. The number of para-hydroxylation sites is 1. The van der Waals surface area contributed by atoms with E-state index in [1.54, 1.807) is 36.4 Å². The zero-order chi connectivity index (χ0) is 15.2. The number of anilines is 1. The number of carboxylic acid groups (broad SMARTS) is 1. The van der Waals surface area contributed by atoms with E-state index in [-0.39, 0.29) is 5.56 Å². The molecule has 110 valence electrons. The molecular weight excluding hydrogens is 313 g/mol. The number of rotatable bonds is 6. The first-order valence-electron chi connectivity index (χ1n) is 6.22. The van der Waals surface area contributed by atoms with Crippen molar-refractivity contribution in [1.82, 2.24) is 0 Å². The molecule has 6 heteroatoms. The Morgan fingerprint density at radius 3 is 2.62 bits per heavy atom. The molecule has 0 atom stereocenters. The Balaban J connectivity index is 1.87. The average molecular weight is 326 g/mol. The number of benzene rings is 2. The third kappa shape index (κ3) is 4.28. The lowest BCUT2D eigenvalue weighted by atomic mass is 10.2. The third-order valence-electron chi connectivity index (χ3n) is 2.73. The molecule has 0 saturated heterocycles. The van der Waals surface area contributed by atoms with Gasteiger partial charge < -0.3 is 15.2 Å².